The Bertz CT molecular complexity index is 1300. The van der Waals surface area contributed by atoms with Crippen LogP contribution in [0.25, 0.3) is 21.8 Å². The fourth-order valence-electron chi connectivity index (χ4n) is 5.23. The lowest BCUT2D eigenvalue weighted by Gasteiger charge is -2.21. The minimum atomic E-state index is 1.03. The first-order chi connectivity index (χ1) is 15.7. The van der Waals surface area contributed by atoms with Crippen molar-refractivity contribution in [1.82, 2.24) is 9.97 Å². The zero-order valence-electron chi connectivity index (χ0n) is 23.9. The Kier molecular flexibility index (Phi) is 6.95. The number of fused-ring (bicyclic) bond motifs is 2. The first kappa shape index (κ1) is 25.9. The molecule has 0 radical (unpaired) electrons. The van der Waals surface area contributed by atoms with Crippen LogP contribution in [-0.2, 0) is 0 Å². The number of hydrogen-bond acceptors (Lipinski definition) is 2. The first-order valence-electron chi connectivity index (χ1n) is 12.4. The van der Waals surface area contributed by atoms with E-state index in [9.17, 15) is 0 Å². The van der Waals surface area contributed by atoms with Gasteiger partial charge in [0.1, 0.15) is 0 Å². The van der Waals surface area contributed by atoms with Crippen LogP contribution in [0.15, 0.2) is 0 Å². The standard InChI is InChI=1S/C18H24.C14H18N2/c1-9-10(2)14(6)18-16(8)12(4)11(3)15(7)17(18)13(9)5;1-7-8(2)10(4)14-13(9(7)3)15-11(5)12(6)16-14/h1-8H3;1-6H3. The van der Waals surface area contributed by atoms with E-state index in [4.69, 9.17) is 0 Å². The summed E-state index contributed by atoms with van der Waals surface area (Å²) in [5, 5.41) is 2.97. The molecule has 4 rings (SSSR count). The Morgan fingerprint density at radius 3 is 0.706 bits per heavy atom. The summed E-state index contributed by atoms with van der Waals surface area (Å²) in [4.78, 5) is 9.35. The van der Waals surface area contributed by atoms with Gasteiger partial charge in [0.2, 0.25) is 0 Å². The van der Waals surface area contributed by atoms with Crippen LogP contribution in [0.3, 0.4) is 0 Å². The quantitative estimate of drug-likeness (QED) is 0.265. The predicted octanol–water partition coefficient (Wildman–Crippen LogP) is 8.79. The van der Waals surface area contributed by atoms with Crippen molar-refractivity contribution < 1.29 is 0 Å². The van der Waals surface area contributed by atoms with Gasteiger partial charge in [0.25, 0.3) is 0 Å². The zero-order valence-corrected chi connectivity index (χ0v) is 23.9. The molecule has 0 fully saturated rings. The van der Waals surface area contributed by atoms with Gasteiger partial charge in [-0.25, -0.2) is 9.97 Å². The molecule has 0 aliphatic heterocycles. The van der Waals surface area contributed by atoms with Crippen LogP contribution in [0.1, 0.15) is 78.1 Å². The van der Waals surface area contributed by atoms with Crippen molar-refractivity contribution in [3.05, 3.63) is 78.1 Å². The van der Waals surface area contributed by atoms with Crippen LogP contribution < -0.4 is 0 Å². The lowest BCUT2D eigenvalue weighted by Crippen LogP contribution is -2.01. The van der Waals surface area contributed by atoms with E-state index in [0.717, 1.165) is 22.4 Å². The Balaban J connectivity index is 0.000000192. The number of aromatic nitrogens is 2. The highest BCUT2D eigenvalue weighted by Crippen LogP contribution is 2.36. The third kappa shape index (κ3) is 3.91. The summed E-state index contributed by atoms with van der Waals surface area (Å²) in [6, 6.07) is 0. The van der Waals surface area contributed by atoms with E-state index in [1.165, 1.54) is 77.5 Å². The van der Waals surface area contributed by atoms with Crippen LogP contribution in [-0.4, -0.2) is 9.97 Å². The van der Waals surface area contributed by atoms with Crippen LogP contribution in [0.2, 0.25) is 0 Å². The summed E-state index contributed by atoms with van der Waals surface area (Å²) in [6.45, 7) is 30.7. The third-order valence-electron chi connectivity index (χ3n) is 8.83. The van der Waals surface area contributed by atoms with Gasteiger partial charge < -0.3 is 0 Å². The first-order valence-corrected chi connectivity index (χ1v) is 12.4. The lowest BCUT2D eigenvalue weighted by atomic mass is 9.83. The molecule has 0 saturated carbocycles. The molecule has 2 nitrogen and oxygen atoms in total. The van der Waals surface area contributed by atoms with Gasteiger partial charge in [0.15, 0.2) is 0 Å². The molecule has 0 atom stereocenters. The van der Waals surface area contributed by atoms with E-state index >= 15 is 0 Å². The molecule has 1 aromatic heterocycles. The van der Waals surface area contributed by atoms with Gasteiger partial charge in [-0.05, 0) is 174 Å². The molecule has 0 spiro atoms. The van der Waals surface area contributed by atoms with Crippen molar-refractivity contribution >= 4 is 21.8 Å². The van der Waals surface area contributed by atoms with Gasteiger partial charge in [-0.2, -0.15) is 0 Å². The molecule has 3 aromatic carbocycles. The van der Waals surface area contributed by atoms with Crippen molar-refractivity contribution in [3.8, 4) is 0 Å². The fourth-order valence-corrected chi connectivity index (χ4v) is 5.23. The number of aryl methyl sites for hydroxylation is 8. The molecule has 34 heavy (non-hydrogen) atoms. The third-order valence-corrected chi connectivity index (χ3v) is 8.83. The van der Waals surface area contributed by atoms with Crippen molar-refractivity contribution in [1.29, 1.82) is 0 Å². The molecule has 0 aliphatic carbocycles. The number of hydrogen-bond donors (Lipinski definition) is 0. The molecule has 1 heterocycles. The van der Waals surface area contributed by atoms with E-state index in [1.807, 2.05) is 13.8 Å². The molecule has 0 saturated heterocycles. The van der Waals surface area contributed by atoms with E-state index in [0.29, 0.717) is 0 Å². The summed E-state index contributed by atoms with van der Waals surface area (Å²) < 4.78 is 0. The Morgan fingerprint density at radius 2 is 0.471 bits per heavy atom. The Labute approximate surface area is 206 Å². The number of benzene rings is 3. The van der Waals surface area contributed by atoms with Gasteiger partial charge >= 0.3 is 0 Å². The van der Waals surface area contributed by atoms with Crippen LogP contribution in [0, 0.1) is 96.9 Å². The summed E-state index contributed by atoms with van der Waals surface area (Å²) in [7, 11) is 0. The van der Waals surface area contributed by atoms with Gasteiger partial charge in [-0.15, -0.1) is 0 Å². The molecular weight excluding hydrogens is 412 g/mol. The van der Waals surface area contributed by atoms with E-state index in [2.05, 4.69) is 93.1 Å². The van der Waals surface area contributed by atoms with Crippen LogP contribution in [0.4, 0.5) is 0 Å². The second kappa shape index (κ2) is 9.13. The maximum Gasteiger partial charge on any atom is 0.0924 e. The van der Waals surface area contributed by atoms with Crippen molar-refractivity contribution in [3.63, 3.8) is 0 Å². The second-order valence-corrected chi connectivity index (χ2v) is 10.3. The largest absolute Gasteiger partial charge is 0.249 e. The van der Waals surface area contributed by atoms with E-state index in [-0.39, 0.29) is 0 Å². The Hall–Kier alpha value is -2.74. The molecule has 0 aliphatic rings. The molecule has 0 amide bonds. The highest BCUT2D eigenvalue weighted by Gasteiger charge is 2.16. The predicted molar refractivity (Wildman–Crippen MR) is 150 cm³/mol. The van der Waals surface area contributed by atoms with E-state index in [1.54, 1.807) is 0 Å². The number of rotatable bonds is 0. The SMILES string of the molecule is Cc1c(C)c(C)c2c(C)c(C)c(C)c(C)c2c1C.Cc1nc2c(C)c(C)c(C)c(C)c2nc1C. The molecule has 2 heteroatoms. The van der Waals surface area contributed by atoms with Gasteiger partial charge in [0, 0.05) is 0 Å². The molecule has 4 aromatic rings. The van der Waals surface area contributed by atoms with Crippen LogP contribution >= 0.6 is 0 Å². The lowest BCUT2D eigenvalue weighted by molar-refractivity contribution is 1.08. The average Bonchev–Trinajstić information content (AvgIpc) is 2.81. The molecule has 0 unspecified atom stereocenters. The van der Waals surface area contributed by atoms with Crippen molar-refractivity contribution in [2.24, 2.45) is 0 Å². The van der Waals surface area contributed by atoms with Gasteiger partial charge in [-0.3, -0.25) is 0 Å². The molecule has 180 valence electrons. The van der Waals surface area contributed by atoms with Crippen molar-refractivity contribution in [2.75, 3.05) is 0 Å². The minimum absolute atomic E-state index is 1.03. The Morgan fingerprint density at radius 1 is 0.265 bits per heavy atom. The van der Waals surface area contributed by atoms with Crippen LogP contribution in [0.5, 0.6) is 0 Å². The molecule has 0 N–H and O–H groups in total. The molecular formula is C32H42N2. The van der Waals surface area contributed by atoms with Gasteiger partial charge in [0.05, 0.1) is 22.4 Å². The number of nitrogens with zero attached hydrogens (tertiary/aromatic N) is 2. The zero-order chi connectivity index (χ0) is 25.8. The topological polar surface area (TPSA) is 25.8 Å². The fraction of sp³-hybridized carbons (Fsp3) is 0.438. The van der Waals surface area contributed by atoms with Crippen molar-refractivity contribution in [2.45, 2.75) is 96.9 Å². The van der Waals surface area contributed by atoms with Gasteiger partial charge in [-0.1, -0.05) is 0 Å². The van der Waals surface area contributed by atoms with E-state index < -0.39 is 0 Å². The average molecular weight is 455 g/mol. The summed E-state index contributed by atoms with van der Waals surface area (Å²) in [6.07, 6.45) is 0. The normalized spacial score (nSPS) is 11.2. The highest BCUT2D eigenvalue weighted by atomic mass is 14.8. The molecule has 0 bridgehead atoms. The minimum Gasteiger partial charge on any atom is -0.249 e. The maximum absolute atomic E-state index is 4.68. The monoisotopic (exact) mass is 454 g/mol. The highest BCUT2D eigenvalue weighted by molar-refractivity contribution is 5.97. The smallest absolute Gasteiger partial charge is 0.0924 e. The second-order valence-electron chi connectivity index (χ2n) is 10.3. The summed E-state index contributed by atoms with van der Waals surface area (Å²) in [5.74, 6) is 0. The maximum atomic E-state index is 4.68. The summed E-state index contributed by atoms with van der Waals surface area (Å²) >= 11 is 0. The summed E-state index contributed by atoms with van der Waals surface area (Å²) in [5.41, 5.74) is 21.0.